The average molecular weight is 2190 g/mol. The summed E-state index contributed by atoms with van der Waals surface area (Å²) in [5.41, 5.74) is 5.06. The number of pyridine rings is 4. The van der Waals surface area contributed by atoms with E-state index in [1.807, 2.05) is 126 Å². The van der Waals surface area contributed by atoms with Crippen molar-refractivity contribution in [1.29, 1.82) is 0 Å². The molecule has 8 aromatic heterocycles. The number of carbonyl (C=O) groups is 8. The predicted molar refractivity (Wildman–Crippen MR) is 518 cm³/mol. The number of Topliss-reactive ketones (excluding diaryl/α,β-unsaturated/α-hetero) is 3. The summed E-state index contributed by atoms with van der Waals surface area (Å²) in [4.78, 5) is 133. The number of ketones is 6. The molecule has 4 aromatic carbocycles. The number of aromatic amines is 1. The number of benzene rings is 4. The number of fused-ring (bicyclic) bond motifs is 4. The number of methoxy groups -OCH3 is 4. The van der Waals surface area contributed by atoms with Crippen molar-refractivity contribution in [2.75, 3.05) is 60.7 Å². The molecule has 12 aromatic rings. The molecule has 33 nitrogen and oxygen atoms in total. The number of nitrogens with zero attached hydrogens (tertiary/aromatic N) is 11. The molecule has 1 atom stereocenters. The van der Waals surface area contributed by atoms with Crippen LogP contribution in [0.25, 0.3) is 43.6 Å². The first kappa shape index (κ1) is 124. The van der Waals surface area contributed by atoms with E-state index in [4.69, 9.17) is 54.8 Å². The van der Waals surface area contributed by atoms with Crippen molar-refractivity contribution in [3.63, 3.8) is 0 Å². The summed E-state index contributed by atoms with van der Waals surface area (Å²) in [5.74, 6) is 1.99. The molecular formula is C97H126ClCs2LiN12O21P2Si. The Balaban J connectivity index is 0.000000576. The molecule has 137 heavy (non-hydrogen) atoms. The fourth-order valence-corrected chi connectivity index (χ4v) is 14.2. The molecular weight excluding hydrogens is 2070 g/mol. The van der Waals surface area contributed by atoms with Crippen molar-refractivity contribution in [3.05, 3.63) is 214 Å². The largest absolute Gasteiger partial charge is 1.00 e. The van der Waals surface area contributed by atoms with E-state index in [0.717, 1.165) is 51.8 Å². The van der Waals surface area contributed by atoms with Crippen LogP contribution in [0.1, 0.15) is 221 Å². The Morgan fingerprint density at radius 1 is 0.511 bits per heavy atom. The molecule has 0 saturated heterocycles. The van der Waals surface area contributed by atoms with Gasteiger partial charge in [-0.15, -0.1) is 11.6 Å². The van der Waals surface area contributed by atoms with Crippen LogP contribution in [0.5, 0.6) is 23.0 Å². The standard InChI is InChI=1S/C24H30N3O7P.C24H29N3O4.C18H19N3O3.C15H26NOSi.C9H9N2O2P.C6H11ClO.CH2O3.2Cs.Li.H/c1-23(2,3)20(28)13-27-18-11-16(33-6)8-9-17(18)21(26-27)22(29)15-7-10-19(25-12-15)24(4,5)14-34-35(30,31)32;1-23(2,3)20(29)13-27-18-11-16(31-6)8-9-17(18)21(26-27)22(30)15-7-10-19(25-12-15)24(4,5)14-28;1-18(2,10-22)15-7-4-11(9-19-15)17(23)16-13-6-5-12(24-3)8-14(13)20-21-16;1-14(2,3)18(6,7)17-12-15(4,5)13-10-8-9-11-16-13;1-13-6-2-3-7-8(5-12)10-11(14)9(7)4-6;1-6(2,3)5(8)4-7;2-1-4-3;;;;/h7-12H,13-14H2,1-6H3,(H2,30,31,32);7-12,28H,13-14H2,1-6H3;4-9,22H,10H2,1-3H3,(H,20,21);8,10-11H,12H2,1-7H3;2-5H,14H2,1H3;4H2,1-3H3;1,3H;;;;/q;;;-1;;;;3*+1;-1/p-1. The van der Waals surface area contributed by atoms with E-state index in [2.05, 4.69) is 118 Å². The normalized spacial score (nSPS) is 11.7. The van der Waals surface area contributed by atoms with E-state index < -0.39 is 43.2 Å². The van der Waals surface area contributed by atoms with Gasteiger partial charge in [0.1, 0.15) is 58.9 Å². The van der Waals surface area contributed by atoms with Crippen molar-refractivity contribution < 1.29 is 259 Å². The third-order valence-corrected chi connectivity index (χ3v) is 27.7. The number of hydrogen-bond acceptors (Lipinski definition) is 27. The molecule has 0 radical (unpaired) electrons. The van der Waals surface area contributed by atoms with E-state index in [1.54, 1.807) is 135 Å². The maximum absolute atomic E-state index is 13.4. The first-order valence-electron chi connectivity index (χ1n) is 42.5. The number of alkyl halides is 1. The molecule has 724 valence electrons. The summed E-state index contributed by atoms with van der Waals surface area (Å²) in [6.07, 6.45) is 6.90. The molecule has 0 aliphatic heterocycles. The van der Waals surface area contributed by atoms with Crippen LogP contribution in [0, 0.1) is 22.3 Å². The number of aldehydes is 1. The number of aliphatic hydroxyl groups is 2. The summed E-state index contributed by atoms with van der Waals surface area (Å²) in [6.45, 7) is 43.6. The number of H-pyrrole nitrogens is 1. The monoisotopic (exact) mass is 2190 g/mol. The Kier molecular flexibility index (Phi) is 48.7. The molecule has 40 heteroatoms. The quantitative estimate of drug-likeness (QED) is 0.00471. The SMILES string of the molecule is CC(C)(C)C(=O)CCl.CC(C)(CO[Si](C)(C)C(C)(C)C)c1cc[c-]cn1.COc1ccc2c(C(=O)c3ccc(C(C)(C)CO)nc3)n[nH]c2c1.COc1ccc2c(C(=O)c3ccc(C(C)(C)CO)nc3)nn(CC(=O)C(C)(C)C)c2c1.COc1ccc2c(C(=O)c3ccc(C(C)(C)COP(=O)(O)O)nc3)nn(CC(=O)C(C)(C)C)c2c1.COc1ccc2c(C=O)nn(P)c2c1.O=CO[O-].[Cs+].[Cs+].[H-].[Li+]. The number of aromatic nitrogens is 12. The van der Waals surface area contributed by atoms with Crippen LogP contribution in [0.15, 0.2) is 146 Å². The molecule has 5 N–H and O–H groups in total. The Hall–Kier alpha value is -6.69. The Morgan fingerprint density at radius 3 is 1.20 bits per heavy atom. The van der Waals surface area contributed by atoms with Gasteiger partial charge in [-0.3, -0.25) is 77.3 Å². The van der Waals surface area contributed by atoms with E-state index >= 15 is 0 Å². The molecule has 0 spiro atoms. The van der Waals surface area contributed by atoms with Crippen LogP contribution >= 0.6 is 28.8 Å². The number of phosphoric ester groups is 1. The summed E-state index contributed by atoms with van der Waals surface area (Å²) >= 11 is 5.29. The topological polar surface area (TPSA) is 456 Å². The predicted octanol–water partition coefficient (Wildman–Crippen LogP) is 6.77. The average Bonchev–Trinajstić information content (AvgIpc) is 1.62. The van der Waals surface area contributed by atoms with Crippen molar-refractivity contribution in [3.8, 4) is 23.0 Å². The van der Waals surface area contributed by atoms with Crippen LogP contribution < -0.4 is 181 Å². The van der Waals surface area contributed by atoms with E-state index in [9.17, 15) is 48.3 Å². The molecule has 0 fully saturated rings. The van der Waals surface area contributed by atoms with Gasteiger partial charge in [0.15, 0.2) is 32.0 Å². The van der Waals surface area contributed by atoms with Gasteiger partial charge in [-0.05, 0) is 118 Å². The van der Waals surface area contributed by atoms with Gasteiger partial charge in [-0.25, -0.2) is 21.2 Å². The zero-order valence-corrected chi connectivity index (χ0v) is 100. The Morgan fingerprint density at radius 2 is 0.876 bits per heavy atom. The van der Waals surface area contributed by atoms with Gasteiger partial charge >= 0.3 is 164 Å². The van der Waals surface area contributed by atoms with Crippen molar-refractivity contribution in [1.82, 2.24) is 59.2 Å². The van der Waals surface area contributed by atoms with Gasteiger partial charge in [0, 0.05) is 143 Å². The minimum absolute atomic E-state index is 0. The number of ether oxygens (including phenoxy) is 4. The molecule has 0 amide bonds. The number of carbonyl (C=O) groups excluding carboxylic acids is 8. The van der Waals surface area contributed by atoms with E-state index in [-0.39, 0.29) is 271 Å². The number of hydrogen-bond donors (Lipinski definition) is 5. The number of phosphoric acid groups is 1. The molecule has 0 aliphatic carbocycles. The number of aliphatic hydroxyl groups excluding tert-OH is 2. The molecule has 0 aliphatic rings. The van der Waals surface area contributed by atoms with Crippen molar-refractivity contribution in [2.24, 2.45) is 16.2 Å². The zero-order chi connectivity index (χ0) is 101. The van der Waals surface area contributed by atoms with Crippen LogP contribution in [-0.4, -0.2) is 196 Å². The third-order valence-electron chi connectivity index (χ3n) is 22.1. The summed E-state index contributed by atoms with van der Waals surface area (Å²) < 4.78 is 47.5. The second-order valence-corrected chi connectivity index (χ2v) is 45.3. The van der Waals surface area contributed by atoms with Gasteiger partial charge in [0.25, 0.3) is 6.47 Å². The second-order valence-electron chi connectivity index (χ2n) is 38.5. The van der Waals surface area contributed by atoms with E-state index in [1.165, 1.54) is 30.4 Å². The number of nitrogens with one attached hydrogen (secondary N) is 1. The van der Waals surface area contributed by atoms with Gasteiger partial charge in [0.2, 0.25) is 17.3 Å². The first-order valence-corrected chi connectivity index (χ1v) is 48.0. The van der Waals surface area contributed by atoms with Crippen LogP contribution in [0.2, 0.25) is 18.1 Å². The fourth-order valence-electron chi connectivity index (χ4n) is 11.8. The third kappa shape index (κ3) is 35.1. The maximum Gasteiger partial charge on any atom is 1.00 e. The van der Waals surface area contributed by atoms with E-state index in [0.29, 0.717) is 73.0 Å². The Bertz CT molecular complexity index is 6130. The van der Waals surface area contributed by atoms with Crippen molar-refractivity contribution >= 4 is 128 Å². The minimum atomic E-state index is -4.62. The van der Waals surface area contributed by atoms with Gasteiger partial charge in [-0.1, -0.05) is 145 Å². The molecule has 12 rings (SSSR count). The van der Waals surface area contributed by atoms with Crippen LogP contribution in [0.4, 0.5) is 0 Å². The second kappa shape index (κ2) is 53.6. The molecule has 0 saturated carbocycles. The summed E-state index contributed by atoms with van der Waals surface area (Å²) in [6, 6.07) is 38.4. The van der Waals surface area contributed by atoms with Crippen LogP contribution in [-0.2, 0) is 72.3 Å². The molecule has 8 heterocycles. The van der Waals surface area contributed by atoms with Gasteiger partial charge in [-0.2, -0.15) is 26.5 Å². The maximum atomic E-state index is 13.4. The summed E-state index contributed by atoms with van der Waals surface area (Å²) in [5, 5.41) is 50.4. The first-order chi connectivity index (χ1) is 62.3. The van der Waals surface area contributed by atoms with Gasteiger partial charge in [0.05, 0.1) is 76.2 Å². The molecule has 0 bridgehead atoms. The minimum Gasteiger partial charge on any atom is -1.00 e. The van der Waals surface area contributed by atoms with Crippen molar-refractivity contribution in [2.45, 2.75) is 191 Å². The fraction of sp³-hybridized carbons (Fsp3) is 0.423. The molecule has 1 unspecified atom stereocenters. The van der Waals surface area contributed by atoms with Gasteiger partial charge < -0.3 is 54.9 Å². The zero-order valence-electron chi connectivity index (χ0n) is 85.0. The Labute approximate surface area is 940 Å². The number of halogens is 1. The summed E-state index contributed by atoms with van der Waals surface area (Å²) in [7, 11) is 2.41. The number of rotatable bonds is 29. The van der Waals surface area contributed by atoms with Crippen LogP contribution in [0.3, 0.4) is 0 Å². The smallest absolute Gasteiger partial charge is 1.00 e.